The third kappa shape index (κ3) is 4.20. The summed E-state index contributed by atoms with van der Waals surface area (Å²) in [5, 5.41) is 11.9. The molecule has 0 bridgehead atoms. The van der Waals surface area contributed by atoms with E-state index in [-0.39, 0.29) is 19.4 Å². The van der Waals surface area contributed by atoms with Gasteiger partial charge in [-0.3, -0.25) is 9.59 Å². The first-order valence-corrected chi connectivity index (χ1v) is 8.04. The summed E-state index contributed by atoms with van der Waals surface area (Å²) in [6.07, 6.45) is 1.19. The maximum absolute atomic E-state index is 14.5. The molecule has 2 N–H and O–H groups in total. The van der Waals surface area contributed by atoms with Crippen LogP contribution < -0.4 is 5.32 Å². The lowest BCUT2D eigenvalue weighted by molar-refractivity contribution is -0.169. The largest absolute Gasteiger partial charge is 0.460 e. The fourth-order valence-electron chi connectivity index (χ4n) is 2.99. The van der Waals surface area contributed by atoms with Gasteiger partial charge in [0.05, 0.1) is 19.1 Å². The highest BCUT2D eigenvalue weighted by molar-refractivity contribution is 5.85. The Labute approximate surface area is 135 Å². The Morgan fingerprint density at radius 3 is 2.52 bits per heavy atom. The molecule has 1 saturated carbocycles. The van der Waals surface area contributed by atoms with Crippen molar-refractivity contribution in [3.8, 4) is 0 Å². The van der Waals surface area contributed by atoms with Gasteiger partial charge in [0.2, 0.25) is 0 Å². The van der Waals surface area contributed by atoms with E-state index in [0.717, 1.165) is 0 Å². The second-order valence-electron chi connectivity index (χ2n) is 7.58. The number of rotatable bonds is 5. The van der Waals surface area contributed by atoms with E-state index in [0.29, 0.717) is 19.4 Å². The summed E-state index contributed by atoms with van der Waals surface area (Å²) in [7, 11) is 0. The van der Waals surface area contributed by atoms with Crippen molar-refractivity contribution in [3.05, 3.63) is 0 Å². The van der Waals surface area contributed by atoms with Crippen molar-refractivity contribution in [3.63, 3.8) is 0 Å². The zero-order valence-corrected chi connectivity index (χ0v) is 14.0. The van der Waals surface area contributed by atoms with E-state index < -0.39 is 41.3 Å². The molecule has 0 aromatic rings. The van der Waals surface area contributed by atoms with Crippen LogP contribution in [0.15, 0.2) is 0 Å². The van der Waals surface area contributed by atoms with E-state index in [1.807, 2.05) is 0 Å². The van der Waals surface area contributed by atoms with E-state index >= 15 is 0 Å². The molecule has 6 nitrogen and oxygen atoms in total. The molecule has 2 rings (SSSR count). The molecular weight excluding hydrogens is 305 g/mol. The van der Waals surface area contributed by atoms with E-state index in [1.54, 1.807) is 20.8 Å². The number of hydrogen-bond donors (Lipinski definition) is 2. The van der Waals surface area contributed by atoms with Crippen LogP contribution in [-0.4, -0.2) is 53.6 Å². The molecule has 0 radical (unpaired) electrons. The number of hydrogen-bond acceptors (Lipinski definition) is 5. The SMILES string of the molecule is CC(C)(C)OC(=O)C1CC(F)(CNC(=O)C2(CO)CCCO2)C1. The number of carbonyl (C=O) groups is 2. The lowest BCUT2D eigenvalue weighted by Crippen LogP contribution is -2.56. The minimum Gasteiger partial charge on any atom is -0.460 e. The van der Waals surface area contributed by atoms with Crippen LogP contribution in [-0.2, 0) is 19.1 Å². The summed E-state index contributed by atoms with van der Waals surface area (Å²) in [4.78, 5) is 24.0. The summed E-state index contributed by atoms with van der Waals surface area (Å²) < 4.78 is 25.1. The van der Waals surface area contributed by atoms with Gasteiger partial charge in [0.1, 0.15) is 11.3 Å². The van der Waals surface area contributed by atoms with Gasteiger partial charge in [0, 0.05) is 6.61 Å². The van der Waals surface area contributed by atoms with Gasteiger partial charge in [-0.25, -0.2) is 4.39 Å². The molecular formula is C16H26FNO5. The summed E-state index contributed by atoms with van der Waals surface area (Å²) in [6.45, 7) is 5.11. The Morgan fingerprint density at radius 1 is 1.39 bits per heavy atom. The number of aliphatic hydroxyl groups excluding tert-OH is 1. The molecule has 132 valence electrons. The van der Waals surface area contributed by atoms with Gasteiger partial charge < -0.3 is 19.9 Å². The second kappa shape index (κ2) is 6.36. The zero-order chi connectivity index (χ0) is 17.3. The average Bonchev–Trinajstić information content (AvgIpc) is 2.89. The molecule has 0 aromatic heterocycles. The van der Waals surface area contributed by atoms with Crippen LogP contribution in [0.3, 0.4) is 0 Å². The van der Waals surface area contributed by atoms with E-state index in [9.17, 15) is 19.1 Å². The molecule has 2 fully saturated rings. The fourth-order valence-corrected chi connectivity index (χ4v) is 2.99. The van der Waals surface area contributed by atoms with Crippen molar-refractivity contribution >= 4 is 11.9 Å². The number of nitrogens with one attached hydrogen (secondary N) is 1. The van der Waals surface area contributed by atoms with Gasteiger partial charge in [-0.1, -0.05) is 0 Å². The van der Waals surface area contributed by atoms with Crippen LogP contribution in [0.25, 0.3) is 0 Å². The molecule has 1 aliphatic carbocycles. The number of ether oxygens (including phenoxy) is 2. The Kier molecular flexibility index (Phi) is 5.01. The minimum atomic E-state index is -1.60. The van der Waals surface area contributed by atoms with Gasteiger partial charge in [0.15, 0.2) is 5.60 Å². The van der Waals surface area contributed by atoms with E-state index in [2.05, 4.69) is 5.32 Å². The average molecular weight is 331 g/mol. The Bertz CT molecular complexity index is 462. The molecule has 1 unspecified atom stereocenters. The Balaban J connectivity index is 1.79. The highest BCUT2D eigenvalue weighted by atomic mass is 19.1. The number of amides is 1. The molecule has 0 aromatic carbocycles. The van der Waals surface area contributed by atoms with E-state index in [4.69, 9.17) is 9.47 Å². The Morgan fingerprint density at radius 2 is 2.04 bits per heavy atom. The molecule has 1 atom stereocenters. The molecule has 2 aliphatic rings. The number of esters is 1. The molecule has 1 heterocycles. The highest BCUT2D eigenvalue weighted by Gasteiger charge is 2.51. The van der Waals surface area contributed by atoms with Crippen molar-refractivity contribution < 1.29 is 28.6 Å². The van der Waals surface area contributed by atoms with Gasteiger partial charge in [-0.2, -0.15) is 0 Å². The summed E-state index contributed by atoms with van der Waals surface area (Å²) in [5.74, 6) is -1.36. The van der Waals surface area contributed by atoms with Gasteiger partial charge >= 0.3 is 5.97 Å². The lowest BCUT2D eigenvalue weighted by Gasteiger charge is -2.41. The third-order valence-corrected chi connectivity index (χ3v) is 4.30. The highest BCUT2D eigenvalue weighted by Crippen LogP contribution is 2.42. The van der Waals surface area contributed by atoms with Crippen LogP contribution >= 0.6 is 0 Å². The molecule has 7 heteroatoms. The minimum absolute atomic E-state index is 0.0369. The first kappa shape index (κ1) is 18.1. The first-order valence-electron chi connectivity index (χ1n) is 8.04. The third-order valence-electron chi connectivity index (χ3n) is 4.30. The Hall–Kier alpha value is -1.21. The smallest absolute Gasteiger partial charge is 0.309 e. The zero-order valence-electron chi connectivity index (χ0n) is 14.0. The fraction of sp³-hybridized carbons (Fsp3) is 0.875. The maximum Gasteiger partial charge on any atom is 0.309 e. The van der Waals surface area contributed by atoms with Gasteiger partial charge in [-0.05, 0) is 46.5 Å². The van der Waals surface area contributed by atoms with Gasteiger partial charge in [-0.15, -0.1) is 0 Å². The molecule has 0 spiro atoms. The van der Waals surface area contributed by atoms with Crippen molar-refractivity contribution in [1.29, 1.82) is 0 Å². The van der Waals surface area contributed by atoms with Crippen LogP contribution in [0.1, 0.15) is 46.5 Å². The van der Waals surface area contributed by atoms with E-state index in [1.165, 1.54) is 0 Å². The van der Waals surface area contributed by atoms with Gasteiger partial charge in [0.25, 0.3) is 5.91 Å². The predicted molar refractivity (Wildman–Crippen MR) is 80.4 cm³/mol. The normalized spacial score (nSPS) is 33.9. The number of aliphatic hydroxyl groups is 1. The molecule has 1 amide bonds. The quantitative estimate of drug-likeness (QED) is 0.737. The van der Waals surface area contributed by atoms with Crippen LogP contribution in [0.2, 0.25) is 0 Å². The topological polar surface area (TPSA) is 84.9 Å². The second-order valence-corrected chi connectivity index (χ2v) is 7.58. The number of carbonyl (C=O) groups excluding carboxylic acids is 2. The van der Waals surface area contributed by atoms with Crippen molar-refractivity contribution in [2.24, 2.45) is 5.92 Å². The molecule has 23 heavy (non-hydrogen) atoms. The number of halogens is 1. The summed E-state index contributed by atoms with van der Waals surface area (Å²) in [6, 6.07) is 0. The van der Waals surface area contributed by atoms with Crippen LogP contribution in [0, 0.1) is 5.92 Å². The molecule has 1 saturated heterocycles. The maximum atomic E-state index is 14.5. The standard InChI is InChI=1S/C16H26FNO5/c1-14(2,3)23-12(20)11-7-15(17,8-11)9-18-13(21)16(10-19)5-4-6-22-16/h11,19H,4-10H2,1-3H3,(H,18,21). The van der Waals surface area contributed by atoms with Crippen LogP contribution in [0.5, 0.6) is 0 Å². The monoisotopic (exact) mass is 331 g/mol. The van der Waals surface area contributed by atoms with Crippen molar-refractivity contribution in [1.82, 2.24) is 5.32 Å². The summed E-state index contributed by atoms with van der Waals surface area (Å²) >= 11 is 0. The predicted octanol–water partition coefficient (Wildman–Crippen LogP) is 1.10. The number of alkyl halides is 1. The molecule has 1 aliphatic heterocycles. The summed E-state index contributed by atoms with van der Waals surface area (Å²) in [5.41, 5.74) is -3.44. The lowest BCUT2D eigenvalue weighted by atomic mass is 9.72. The first-order chi connectivity index (χ1) is 10.6. The van der Waals surface area contributed by atoms with Crippen molar-refractivity contribution in [2.75, 3.05) is 19.8 Å². The van der Waals surface area contributed by atoms with Crippen LogP contribution in [0.4, 0.5) is 4.39 Å². The van der Waals surface area contributed by atoms with Crippen molar-refractivity contribution in [2.45, 2.75) is 63.3 Å².